The number of hydrogen-bond acceptors (Lipinski definition) is 5. The van der Waals surface area contributed by atoms with E-state index < -0.39 is 26.6 Å². The van der Waals surface area contributed by atoms with E-state index >= 15 is 0 Å². The highest BCUT2D eigenvalue weighted by Gasteiger charge is 2.20. The lowest BCUT2D eigenvalue weighted by atomic mass is 10.3. The van der Waals surface area contributed by atoms with Gasteiger partial charge in [-0.25, -0.2) is 31.9 Å². The molecular formula is C15H16F2N4O2S. The van der Waals surface area contributed by atoms with Crippen molar-refractivity contribution in [3.63, 3.8) is 0 Å². The Kier molecular flexibility index (Phi) is 4.72. The van der Waals surface area contributed by atoms with Crippen molar-refractivity contribution in [1.29, 1.82) is 0 Å². The van der Waals surface area contributed by atoms with Gasteiger partial charge in [-0.1, -0.05) is 0 Å². The minimum absolute atomic E-state index is 0.137. The van der Waals surface area contributed by atoms with Crippen LogP contribution in [0, 0.1) is 11.6 Å². The van der Waals surface area contributed by atoms with Gasteiger partial charge in [0.1, 0.15) is 16.5 Å². The lowest BCUT2D eigenvalue weighted by Crippen LogP contribution is -2.26. The van der Waals surface area contributed by atoms with Crippen LogP contribution in [0.5, 0.6) is 0 Å². The predicted octanol–water partition coefficient (Wildman–Crippen LogP) is 1.83. The van der Waals surface area contributed by atoms with Gasteiger partial charge in [0, 0.05) is 19.3 Å². The molecule has 9 heteroatoms. The van der Waals surface area contributed by atoms with E-state index in [1.54, 1.807) is 12.3 Å². The number of rotatable bonds is 5. The average Bonchev–Trinajstić information content (AvgIpc) is 3.10. The summed E-state index contributed by atoms with van der Waals surface area (Å²) in [6.45, 7) is 1.59. The third-order valence-corrected chi connectivity index (χ3v) is 5.13. The molecule has 0 bridgehead atoms. The van der Waals surface area contributed by atoms with E-state index in [4.69, 9.17) is 0 Å². The van der Waals surface area contributed by atoms with Gasteiger partial charge in [0.15, 0.2) is 0 Å². The summed E-state index contributed by atoms with van der Waals surface area (Å²) < 4.78 is 53.4. The monoisotopic (exact) mass is 354 g/mol. The van der Waals surface area contributed by atoms with Gasteiger partial charge < -0.3 is 4.90 Å². The van der Waals surface area contributed by atoms with E-state index in [2.05, 4.69) is 14.7 Å². The summed E-state index contributed by atoms with van der Waals surface area (Å²) in [4.78, 5) is 9.78. The molecule has 0 amide bonds. The normalized spacial score (nSPS) is 15.0. The van der Waals surface area contributed by atoms with Gasteiger partial charge in [0.25, 0.3) is 0 Å². The Bertz CT molecular complexity index is 839. The fraction of sp³-hybridized carbons (Fsp3) is 0.333. The third-order valence-electron chi connectivity index (χ3n) is 3.72. The van der Waals surface area contributed by atoms with Crippen LogP contribution in [0.4, 0.5) is 14.7 Å². The number of halogens is 2. The molecule has 0 atom stereocenters. The summed E-state index contributed by atoms with van der Waals surface area (Å²) in [5, 5.41) is 0. The summed E-state index contributed by atoms with van der Waals surface area (Å²) >= 11 is 0. The molecule has 0 aliphatic carbocycles. The summed E-state index contributed by atoms with van der Waals surface area (Å²) in [6.07, 6.45) is 3.69. The Morgan fingerprint density at radius 2 is 1.92 bits per heavy atom. The Labute approximate surface area is 138 Å². The van der Waals surface area contributed by atoms with Crippen molar-refractivity contribution < 1.29 is 17.2 Å². The zero-order valence-electron chi connectivity index (χ0n) is 12.7. The molecule has 1 aliphatic rings. The summed E-state index contributed by atoms with van der Waals surface area (Å²) in [5.74, 6) is -1.29. The standard InChI is InChI=1S/C15H16F2N4O2S/c16-11-3-4-13(17)14(9-11)24(22,23)19-10-12-5-6-18-15(20-12)21-7-1-2-8-21/h3-6,9,19H,1-2,7-8,10H2. The van der Waals surface area contributed by atoms with Gasteiger partial charge in [-0.2, -0.15) is 0 Å². The summed E-state index contributed by atoms with van der Waals surface area (Å²) in [7, 11) is -4.18. The van der Waals surface area contributed by atoms with Crippen LogP contribution in [0.25, 0.3) is 0 Å². The quantitative estimate of drug-likeness (QED) is 0.887. The molecule has 0 unspecified atom stereocenters. The van der Waals surface area contributed by atoms with Crippen LogP contribution in [0.3, 0.4) is 0 Å². The van der Waals surface area contributed by atoms with E-state index in [0.717, 1.165) is 38.1 Å². The Hall–Kier alpha value is -2.13. The molecule has 3 rings (SSSR count). The zero-order chi connectivity index (χ0) is 17.2. The first-order valence-electron chi connectivity index (χ1n) is 7.47. The average molecular weight is 354 g/mol. The van der Waals surface area contributed by atoms with Gasteiger partial charge >= 0.3 is 0 Å². The second kappa shape index (κ2) is 6.78. The number of hydrogen-bond donors (Lipinski definition) is 1. The molecule has 24 heavy (non-hydrogen) atoms. The maximum Gasteiger partial charge on any atom is 0.243 e. The molecular weight excluding hydrogens is 338 g/mol. The van der Waals surface area contributed by atoms with Crippen LogP contribution < -0.4 is 9.62 Å². The lowest BCUT2D eigenvalue weighted by Gasteiger charge is -2.15. The van der Waals surface area contributed by atoms with Gasteiger partial charge in [-0.15, -0.1) is 0 Å². The van der Waals surface area contributed by atoms with Crippen LogP contribution in [0.2, 0.25) is 0 Å². The molecule has 2 aromatic rings. The number of aromatic nitrogens is 2. The fourth-order valence-corrected chi connectivity index (χ4v) is 3.57. The maximum absolute atomic E-state index is 13.6. The number of sulfonamides is 1. The molecule has 128 valence electrons. The lowest BCUT2D eigenvalue weighted by molar-refractivity contribution is 0.545. The zero-order valence-corrected chi connectivity index (χ0v) is 13.6. The minimum atomic E-state index is -4.18. The maximum atomic E-state index is 13.6. The van der Waals surface area contributed by atoms with Crippen LogP contribution in [-0.2, 0) is 16.6 Å². The summed E-state index contributed by atoms with van der Waals surface area (Å²) in [6, 6.07) is 3.86. The van der Waals surface area contributed by atoms with Crippen LogP contribution in [0.1, 0.15) is 18.5 Å². The van der Waals surface area contributed by atoms with Crippen molar-refractivity contribution in [3.8, 4) is 0 Å². The van der Waals surface area contributed by atoms with Gasteiger partial charge in [-0.05, 0) is 37.1 Å². The van der Waals surface area contributed by atoms with Crippen molar-refractivity contribution in [2.24, 2.45) is 0 Å². The molecule has 1 aromatic heterocycles. The number of nitrogens with zero attached hydrogens (tertiary/aromatic N) is 3. The van der Waals surface area contributed by atoms with Crippen LogP contribution in [-0.4, -0.2) is 31.5 Å². The second-order valence-electron chi connectivity index (χ2n) is 5.44. The first-order valence-corrected chi connectivity index (χ1v) is 8.95. The van der Waals surface area contributed by atoms with E-state index in [1.165, 1.54) is 0 Å². The van der Waals surface area contributed by atoms with Crippen LogP contribution >= 0.6 is 0 Å². The minimum Gasteiger partial charge on any atom is -0.341 e. The smallest absolute Gasteiger partial charge is 0.243 e. The molecule has 0 saturated carbocycles. The molecule has 1 N–H and O–H groups in total. The Balaban J connectivity index is 1.75. The second-order valence-corrected chi connectivity index (χ2v) is 7.18. The SMILES string of the molecule is O=S(=O)(NCc1ccnc(N2CCCC2)n1)c1cc(F)ccc1F. The highest BCUT2D eigenvalue weighted by atomic mass is 32.2. The Morgan fingerprint density at radius 1 is 1.17 bits per heavy atom. The van der Waals surface area contributed by atoms with Crippen molar-refractivity contribution >= 4 is 16.0 Å². The van der Waals surface area contributed by atoms with Crippen molar-refractivity contribution in [3.05, 3.63) is 47.8 Å². The molecule has 1 fully saturated rings. The van der Waals surface area contributed by atoms with Crippen molar-refractivity contribution in [1.82, 2.24) is 14.7 Å². The van der Waals surface area contributed by atoms with Gasteiger partial charge in [0.2, 0.25) is 16.0 Å². The number of benzene rings is 1. The van der Waals surface area contributed by atoms with Crippen molar-refractivity contribution in [2.75, 3.05) is 18.0 Å². The predicted molar refractivity (Wildman–Crippen MR) is 83.9 cm³/mol. The topological polar surface area (TPSA) is 75.2 Å². The molecule has 0 spiro atoms. The molecule has 6 nitrogen and oxygen atoms in total. The highest BCUT2D eigenvalue weighted by molar-refractivity contribution is 7.89. The van der Waals surface area contributed by atoms with Crippen molar-refractivity contribution in [2.45, 2.75) is 24.3 Å². The molecule has 0 radical (unpaired) electrons. The Morgan fingerprint density at radius 3 is 2.67 bits per heavy atom. The first-order chi connectivity index (χ1) is 11.5. The largest absolute Gasteiger partial charge is 0.341 e. The fourth-order valence-electron chi connectivity index (χ4n) is 2.48. The van der Waals surface area contributed by atoms with E-state index in [1.807, 2.05) is 4.90 Å². The number of anilines is 1. The number of nitrogens with one attached hydrogen (secondary N) is 1. The molecule has 1 aromatic carbocycles. The van der Waals surface area contributed by atoms with Gasteiger partial charge in [-0.3, -0.25) is 0 Å². The first kappa shape index (κ1) is 16.7. The van der Waals surface area contributed by atoms with E-state index in [-0.39, 0.29) is 6.54 Å². The van der Waals surface area contributed by atoms with E-state index in [0.29, 0.717) is 17.7 Å². The van der Waals surface area contributed by atoms with Crippen LogP contribution in [0.15, 0.2) is 35.4 Å². The third kappa shape index (κ3) is 3.68. The highest BCUT2D eigenvalue weighted by Crippen LogP contribution is 2.17. The van der Waals surface area contributed by atoms with Gasteiger partial charge in [0.05, 0.1) is 12.2 Å². The molecule has 2 heterocycles. The van der Waals surface area contributed by atoms with E-state index in [9.17, 15) is 17.2 Å². The summed E-state index contributed by atoms with van der Waals surface area (Å²) in [5.41, 5.74) is 0.451. The molecule has 1 saturated heterocycles. The molecule has 1 aliphatic heterocycles.